The van der Waals surface area contributed by atoms with Crippen molar-refractivity contribution in [1.29, 1.82) is 0 Å². The summed E-state index contributed by atoms with van der Waals surface area (Å²) in [5.41, 5.74) is 6.75. The van der Waals surface area contributed by atoms with Crippen LogP contribution in [0.1, 0.15) is 12.5 Å². The monoisotopic (exact) mass is 234 g/mol. The highest BCUT2D eigenvalue weighted by Crippen LogP contribution is 2.34. The fourth-order valence-electron chi connectivity index (χ4n) is 1.84. The number of hydrogen-bond acceptors (Lipinski definition) is 3. The molecule has 0 saturated carbocycles. The molecule has 1 heterocycles. The van der Waals surface area contributed by atoms with Gasteiger partial charge in [0.2, 0.25) is 5.91 Å². The van der Waals surface area contributed by atoms with Crippen LogP contribution in [-0.2, 0) is 9.59 Å². The number of nitrogens with zero attached hydrogens (tertiary/aromatic N) is 1. The zero-order valence-electron chi connectivity index (χ0n) is 9.77. The Hall–Kier alpha value is -2.04. The Kier molecular flexibility index (Phi) is 2.75. The van der Waals surface area contributed by atoms with E-state index in [1.165, 1.54) is 4.90 Å². The molecule has 0 bridgehead atoms. The molecule has 0 spiro atoms. The third kappa shape index (κ3) is 2.08. The average Bonchev–Trinajstić information content (AvgIpc) is 2.25. The number of rotatable bonds is 2. The van der Waals surface area contributed by atoms with E-state index in [2.05, 4.69) is 0 Å². The van der Waals surface area contributed by atoms with Crippen molar-refractivity contribution in [3.8, 4) is 5.75 Å². The topological polar surface area (TPSA) is 72.6 Å². The Bertz CT molecular complexity index is 485. The molecule has 1 aliphatic rings. The Balaban J connectivity index is 2.46. The van der Waals surface area contributed by atoms with Gasteiger partial charge < -0.3 is 10.5 Å². The summed E-state index contributed by atoms with van der Waals surface area (Å²) in [6.07, 6.45) is -0.593. The van der Waals surface area contributed by atoms with Crippen molar-refractivity contribution in [1.82, 2.24) is 0 Å². The highest BCUT2D eigenvalue weighted by molar-refractivity contribution is 6.03. The second kappa shape index (κ2) is 4.08. The van der Waals surface area contributed by atoms with Gasteiger partial charge in [-0.3, -0.25) is 14.5 Å². The van der Waals surface area contributed by atoms with Crippen molar-refractivity contribution in [2.45, 2.75) is 20.0 Å². The minimum atomic E-state index is -0.593. The number of hydrogen-bond donors (Lipinski definition) is 1. The van der Waals surface area contributed by atoms with Crippen molar-refractivity contribution < 1.29 is 14.3 Å². The first-order valence-corrected chi connectivity index (χ1v) is 5.36. The first kappa shape index (κ1) is 11.4. The van der Waals surface area contributed by atoms with Crippen molar-refractivity contribution >= 4 is 17.5 Å². The standard InChI is InChI=1S/C12H14N2O3/c1-7-3-4-10-9(5-7)14(6-11(13)15)12(16)8(2)17-10/h3-5,8H,6H2,1-2H3,(H2,13,15)/t8-/m1/s1. The fraction of sp³-hybridized carbons (Fsp3) is 0.333. The van der Waals surface area contributed by atoms with Gasteiger partial charge in [-0.1, -0.05) is 6.07 Å². The summed E-state index contributed by atoms with van der Waals surface area (Å²) in [6.45, 7) is 3.44. The molecule has 17 heavy (non-hydrogen) atoms. The minimum Gasteiger partial charge on any atom is -0.479 e. The average molecular weight is 234 g/mol. The highest BCUT2D eigenvalue weighted by atomic mass is 16.5. The fourth-order valence-corrected chi connectivity index (χ4v) is 1.84. The summed E-state index contributed by atoms with van der Waals surface area (Å²) < 4.78 is 5.47. The van der Waals surface area contributed by atoms with Crippen LogP contribution in [0.3, 0.4) is 0 Å². The Morgan fingerprint density at radius 2 is 2.24 bits per heavy atom. The highest BCUT2D eigenvalue weighted by Gasteiger charge is 2.32. The molecule has 1 aromatic rings. The lowest BCUT2D eigenvalue weighted by atomic mass is 10.1. The molecule has 1 atom stereocenters. The third-order valence-electron chi connectivity index (χ3n) is 2.64. The third-order valence-corrected chi connectivity index (χ3v) is 2.64. The van der Waals surface area contributed by atoms with E-state index in [4.69, 9.17) is 10.5 Å². The number of ether oxygens (including phenoxy) is 1. The van der Waals surface area contributed by atoms with Crippen molar-refractivity contribution in [3.05, 3.63) is 23.8 Å². The van der Waals surface area contributed by atoms with Gasteiger partial charge >= 0.3 is 0 Å². The van der Waals surface area contributed by atoms with Gasteiger partial charge in [0, 0.05) is 0 Å². The number of anilines is 1. The van der Waals surface area contributed by atoms with Gasteiger partial charge in [-0.05, 0) is 31.5 Å². The molecule has 0 saturated heterocycles. The van der Waals surface area contributed by atoms with Crippen molar-refractivity contribution in [3.63, 3.8) is 0 Å². The summed E-state index contributed by atoms with van der Waals surface area (Å²) in [7, 11) is 0. The van der Waals surface area contributed by atoms with Crippen LogP contribution in [0, 0.1) is 6.92 Å². The molecule has 5 heteroatoms. The van der Waals surface area contributed by atoms with Gasteiger partial charge in [0.1, 0.15) is 12.3 Å². The number of aryl methyl sites for hydroxylation is 1. The smallest absolute Gasteiger partial charge is 0.268 e. The second-order valence-corrected chi connectivity index (χ2v) is 4.12. The van der Waals surface area contributed by atoms with E-state index in [0.717, 1.165) is 5.56 Å². The van der Waals surface area contributed by atoms with Gasteiger partial charge in [0.25, 0.3) is 5.91 Å². The lowest BCUT2D eigenvalue weighted by molar-refractivity contribution is -0.127. The van der Waals surface area contributed by atoms with Crippen LogP contribution < -0.4 is 15.4 Å². The van der Waals surface area contributed by atoms with Crippen LogP contribution in [0.4, 0.5) is 5.69 Å². The molecule has 0 aliphatic carbocycles. The molecule has 0 radical (unpaired) electrons. The van der Waals surface area contributed by atoms with Gasteiger partial charge in [-0.25, -0.2) is 0 Å². The van der Waals surface area contributed by atoms with E-state index in [-0.39, 0.29) is 12.5 Å². The number of primary amides is 1. The summed E-state index contributed by atoms with van der Waals surface area (Å²) >= 11 is 0. The van der Waals surface area contributed by atoms with E-state index >= 15 is 0 Å². The maximum absolute atomic E-state index is 11.9. The van der Waals surface area contributed by atoms with Crippen LogP contribution in [0.2, 0.25) is 0 Å². The predicted octanol–water partition coefficient (Wildman–Crippen LogP) is 0.594. The zero-order chi connectivity index (χ0) is 12.6. The normalized spacial score (nSPS) is 18.6. The lowest BCUT2D eigenvalue weighted by Gasteiger charge is -2.32. The van der Waals surface area contributed by atoms with E-state index in [9.17, 15) is 9.59 Å². The molecule has 90 valence electrons. The molecule has 5 nitrogen and oxygen atoms in total. The van der Waals surface area contributed by atoms with E-state index in [1.54, 1.807) is 13.0 Å². The zero-order valence-corrected chi connectivity index (χ0v) is 9.77. The maximum atomic E-state index is 11.9. The summed E-state index contributed by atoms with van der Waals surface area (Å²) in [4.78, 5) is 24.3. The van der Waals surface area contributed by atoms with Gasteiger partial charge in [0.15, 0.2) is 6.10 Å². The Labute approximate surface area is 99.2 Å². The summed E-state index contributed by atoms with van der Waals surface area (Å²) in [5, 5.41) is 0. The maximum Gasteiger partial charge on any atom is 0.268 e. The van der Waals surface area contributed by atoms with Crippen LogP contribution >= 0.6 is 0 Å². The van der Waals surface area contributed by atoms with Gasteiger partial charge in [-0.2, -0.15) is 0 Å². The largest absolute Gasteiger partial charge is 0.479 e. The van der Waals surface area contributed by atoms with Crippen molar-refractivity contribution in [2.75, 3.05) is 11.4 Å². The second-order valence-electron chi connectivity index (χ2n) is 4.12. The molecule has 0 aromatic heterocycles. The molecular formula is C12H14N2O3. The van der Waals surface area contributed by atoms with Crippen molar-refractivity contribution in [2.24, 2.45) is 5.73 Å². The first-order valence-electron chi connectivity index (χ1n) is 5.36. The Morgan fingerprint density at radius 1 is 1.53 bits per heavy atom. The van der Waals surface area contributed by atoms with E-state index < -0.39 is 12.0 Å². The number of fused-ring (bicyclic) bond motifs is 1. The Morgan fingerprint density at radius 3 is 2.88 bits per heavy atom. The summed E-state index contributed by atoms with van der Waals surface area (Å²) in [5.74, 6) is -0.189. The predicted molar refractivity (Wildman–Crippen MR) is 62.8 cm³/mol. The van der Waals surface area contributed by atoms with Crippen LogP contribution in [0.25, 0.3) is 0 Å². The van der Waals surface area contributed by atoms with E-state index in [0.29, 0.717) is 11.4 Å². The number of carbonyl (C=O) groups is 2. The quantitative estimate of drug-likeness (QED) is 0.814. The SMILES string of the molecule is Cc1ccc2c(c1)N(CC(N)=O)C(=O)[C@@H](C)O2. The first-order chi connectivity index (χ1) is 7.99. The minimum absolute atomic E-state index is 0.122. The molecule has 0 fully saturated rings. The number of benzene rings is 1. The van der Waals surface area contributed by atoms with Crippen LogP contribution in [0.15, 0.2) is 18.2 Å². The molecular weight excluding hydrogens is 220 g/mol. The van der Waals surface area contributed by atoms with Crippen LogP contribution in [-0.4, -0.2) is 24.5 Å². The molecule has 2 N–H and O–H groups in total. The van der Waals surface area contributed by atoms with Gasteiger partial charge in [-0.15, -0.1) is 0 Å². The number of nitrogens with two attached hydrogens (primary N) is 1. The molecule has 1 aliphatic heterocycles. The van der Waals surface area contributed by atoms with Gasteiger partial charge in [0.05, 0.1) is 5.69 Å². The number of carbonyl (C=O) groups excluding carboxylic acids is 2. The number of amides is 2. The molecule has 0 unspecified atom stereocenters. The lowest BCUT2D eigenvalue weighted by Crippen LogP contribution is -2.47. The molecule has 2 amide bonds. The molecule has 1 aromatic carbocycles. The molecule has 2 rings (SSSR count). The summed E-state index contributed by atoms with van der Waals surface area (Å²) in [6, 6.07) is 5.49. The van der Waals surface area contributed by atoms with Crippen LogP contribution in [0.5, 0.6) is 5.75 Å². The van der Waals surface area contributed by atoms with E-state index in [1.807, 2.05) is 19.1 Å².